The van der Waals surface area contributed by atoms with Gasteiger partial charge in [0.15, 0.2) is 11.7 Å². The number of ketones is 1. The number of rotatable bonds is 6. The zero-order valence-corrected chi connectivity index (χ0v) is 14.2. The van der Waals surface area contributed by atoms with Crippen LogP contribution >= 0.6 is 0 Å². The first-order valence-electron chi connectivity index (χ1n) is 8.22. The summed E-state index contributed by atoms with van der Waals surface area (Å²) in [6.07, 6.45) is 2.16. The highest BCUT2D eigenvalue weighted by Crippen LogP contribution is 2.17. The standard InChI is InChI=1S/C19H17N5O2/c1-2-18-22-14-7-3-4-8-15(14)24(18)12-16(25)13(11-20)19(26)23-17-9-5-6-10-21-17/h3-10,13H,2,12H2,1H3,(H,21,23,26)/t13-/m1/s1. The van der Waals surface area contributed by atoms with Gasteiger partial charge in [-0.15, -0.1) is 0 Å². The number of carbonyl (C=O) groups excluding carboxylic acids is 2. The van der Waals surface area contributed by atoms with Crippen LogP contribution in [0.25, 0.3) is 11.0 Å². The lowest BCUT2D eigenvalue weighted by Gasteiger charge is -2.11. The first-order valence-corrected chi connectivity index (χ1v) is 8.22. The van der Waals surface area contributed by atoms with Crippen molar-refractivity contribution in [3.8, 4) is 6.07 Å². The molecule has 130 valence electrons. The van der Waals surface area contributed by atoms with Crippen molar-refractivity contribution >= 4 is 28.5 Å². The van der Waals surface area contributed by atoms with E-state index in [4.69, 9.17) is 0 Å². The van der Waals surface area contributed by atoms with Crippen LogP contribution in [0.3, 0.4) is 0 Å². The first-order chi connectivity index (χ1) is 12.6. The van der Waals surface area contributed by atoms with Gasteiger partial charge in [-0.05, 0) is 24.3 Å². The third-order valence-electron chi connectivity index (χ3n) is 3.99. The van der Waals surface area contributed by atoms with Crippen molar-refractivity contribution in [2.24, 2.45) is 5.92 Å². The van der Waals surface area contributed by atoms with Crippen LogP contribution in [0.15, 0.2) is 48.7 Å². The molecule has 0 fully saturated rings. The fraction of sp³-hybridized carbons (Fsp3) is 0.211. The van der Waals surface area contributed by atoms with Gasteiger partial charge in [0.2, 0.25) is 0 Å². The Balaban J connectivity index is 1.82. The minimum Gasteiger partial charge on any atom is -0.320 e. The lowest BCUT2D eigenvalue weighted by atomic mass is 10.0. The normalized spacial score (nSPS) is 11.7. The molecule has 0 aliphatic carbocycles. The van der Waals surface area contributed by atoms with E-state index >= 15 is 0 Å². The molecule has 26 heavy (non-hydrogen) atoms. The second-order valence-corrected chi connectivity index (χ2v) is 5.69. The Kier molecular flexibility index (Phi) is 5.04. The number of anilines is 1. The first kappa shape index (κ1) is 17.3. The van der Waals surface area contributed by atoms with Crippen LogP contribution in [0.1, 0.15) is 12.7 Å². The molecule has 1 amide bonds. The van der Waals surface area contributed by atoms with E-state index in [1.165, 1.54) is 6.20 Å². The lowest BCUT2D eigenvalue weighted by molar-refractivity contribution is -0.129. The molecule has 0 saturated heterocycles. The molecular formula is C19H17N5O2. The second-order valence-electron chi connectivity index (χ2n) is 5.69. The topological polar surface area (TPSA) is 101 Å². The third kappa shape index (κ3) is 3.44. The van der Waals surface area contributed by atoms with Crippen molar-refractivity contribution in [3.63, 3.8) is 0 Å². The highest BCUT2D eigenvalue weighted by molar-refractivity contribution is 6.09. The van der Waals surface area contributed by atoms with E-state index in [2.05, 4.69) is 15.3 Å². The summed E-state index contributed by atoms with van der Waals surface area (Å²) in [7, 11) is 0. The van der Waals surface area contributed by atoms with Crippen molar-refractivity contribution < 1.29 is 9.59 Å². The smallest absolute Gasteiger partial charge is 0.250 e. The molecule has 7 nitrogen and oxygen atoms in total. The molecular weight excluding hydrogens is 330 g/mol. The van der Waals surface area contributed by atoms with Crippen LogP contribution in [-0.4, -0.2) is 26.2 Å². The molecule has 2 heterocycles. The van der Waals surface area contributed by atoms with Crippen LogP contribution in [0.2, 0.25) is 0 Å². The number of para-hydroxylation sites is 2. The summed E-state index contributed by atoms with van der Waals surface area (Å²) in [6, 6.07) is 14.3. The average molecular weight is 347 g/mol. The number of aromatic nitrogens is 3. The number of fused-ring (bicyclic) bond motifs is 1. The van der Waals surface area contributed by atoms with E-state index in [0.717, 1.165) is 16.9 Å². The Bertz CT molecular complexity index is 988. The summed E-state index contributed by atoms with van der Waals surface area (Å²) < 4.78 is 1.76. The number of Topliss-reactive ketones (excluding diaryl/α,β-unsaturated/α-hetero) is 1. The van der Waals surface area contributed by atoms with Gasteiger partial charge in [0, 0.05) is 12.6 Å². The number of imidazole rings is 1. The highest BCUT2D eigenvalue weighted by atomic mass is 16.2. The Labute approximate surface area is 150 Å². The molecule has 0 aliphatic rings. The van der Waals surface area contributed by atoms with E-state index in [9.17, 15) is 14.9 Å². The maximum Gasteiger partial charge on any atom is 0.250 e. The molecule has 1 N–H and O–H groups in total. The van der Waals surface area contributed by atoms with Crippen molar-refractivity contribution in [3.05, 3.63) is 54.5 Å². The van der Waals surface area contributed by atoms with Crippen molar-refractivity contribution in [1.29, 1.82) is 5.26 Å². The van der Waals surface area contributed by atoms with E-state index in [1.54, 1.807) is 28.8 Å². The largest absolute Gasteiger partial charge is 0.320 e. The van der Waals surface area contributed by atoms with Gasteiger partial charge >= 0.3 is 0 Å². The van der Waals surface area contributed by atoms with Crippen LogP contribution in [-0.2, 0) is 22.6 Å². The molecule has 3 aromatic rings. The Morgan fingerprint density at radius 1 is 1.23 bits per heavy atom. The quantitative estimate of drug-likeness (QED) is 0.690. The van der Waals surface area contributed by atoms with E-state index in [-0.39, 0.29) is 6.54 Å². The molecule has 0 bridgehead atoms. The number of aryl methyl sites for hydroxylation is 1. The zero-order chi connectivity index (χ0) is 18.5. The van der Waals surface area contributed by atoms with Crippen molar-refractivity contribution in [2.75, 3.05) is 5.32 Å². The monoisotopic (exact) mass is 347 g/mol. The Hall–Kier alpha value is -3.53. The molecule has 0 saturated carbocycles. The second kappa shape index (κ2) is 7.57. The molecule has 7 heteroatoms. The van der Waals surface area contributed by atoms with E-state index < -0.39 is 17.6 Å². The minimum atomic E-state index is -1.41. The van der Waals surface area contributed by atoms with Gasteiger partial charge < -0.3 is 9.88 Å². The number of pyridine rings is 1. The third-order valence-corrected chi connectivity index (χ3v) is 3.99. The van der Waals surface area contributed by atoms with Crippen molar-refractivity contribution in [1.82, 2.24) is 14.5 Å². The zero-order valence-electron chi connectivity index (χ0n) is 14.2. The molecule has 3 rings (SSSR count). The maximum atomic E-state index is 12.6. The summed E-state index contributed by atoms with van der Waals surface area (Å²) in [6.45, 7) is 1.86. The molecule has 0 unspecified atom stereocenters. The summed E-state index contributed by atoms with van der Waals surface area (Å²) in [4.78, 5) is 33.4. The summed E-state index contributed by atoms with van der Waals surface area (Å²) in [5, 5.41) is 11.8. The van der Waals surface area contributed by atoms with Gasteiger partial charge in [-0.2, -0.15) is 5.26 Å². The minimum absolute atomic E-state index is 0.0858. The van der Waals surface area contributed by atoms with Crippen LogP contribution in [0, 0.1) is 17.2 Å². The van der Waals surface area contributed by atoms with Gasteiger partial charge in [0.05, 0.1) is 23.6 Å². The van der Waals surface area contributed by atoms with E-state index in [1.807, 2.05) is 31.2 Å². The fourth-order valence-corrected chi connectivity index (χ4v) is 2.73. The number of carbonyl (C=O) groups is 2. The number of hydrogen-bond acceptors (Lipinski definition) is 5. The average Bonchev–Trinajstić information content (AvgIpc) is 3.01. The van der Waals surface area contributed by atoms with Gasteiger partial charge in [-0.25, -0.2) is 9.97 Å². The fourth-order valence-electron chi connectivity index (χ4n) is 2.73. The predicted octanol–water partition coefficient (Wildman–Crippen LogP) is 2.34. The molecule has 0 aliphatic heterocycles. The summed E-state index contributed by atoms with van der Waals surface area (Å²) >= 11 is 0. The molecule has 0 spiro atoms. The maximum absolute atomic E-state index is 12.6. The van der Waals surface area contributed by atoms with Gasteiger partial charge in [-0.3, -0.25) is 9.59 Å². The predicted molar refractivity (Wildman–Crippen MR) is 96.1 cm³/mol. The molecule has 1 aromatic carbocycles. The Morgan fingerprint density at radius 3 is 2.69 bits per heavy atom. The number of benzene rings is 1. The number of nitrogens with zero attached hydrogens (tertiary/aromatic N) is 4. The van der Waals surface area contributed by atoms with Crippen molar-refractivity contribution in [2.45, 2.75) is 19.9 Å². The van der Waals surface area contributed by atoms with E-state index in [0.29, 0.717) is 12.2 Å². The molecule has 2 aromatic heterocycles. The SMILES string of the molecule is CCc1nc2ccccc2n1CC(=O)[C@@H](C#N)C(=O)Nc1ccccn1. The van der Waals surface area contributed by atoms with Crippen LogP contribution in [0.5, 0.6) is 0 Å². The Morgan fingerprint density at radius 2 is 2.00 bits per heavy atom. The number of hydrogen-bond donors (Lipinski definition) is 1. The number of nitrogens with one attached hydrogen (secondary N) is 1. The van der Waals surface area contributed by atoms with Gasteiger partial charge in [0.1, 0.15) is 11.6 Å². The van der Waals surface area contributed by atoms with Crippen LogP contribution < -0.4 is 5.32 Å². The number of nitriles is 1. The highest BCUT2D eigenvalue weighted by Gasteiger charge is 2.28. The summed E-state index contributed by atoms with van der Waals surface area (Å²) in [5.41, 5.74) is 1.59. The lowest BCUT2D eigenvalue weighted by Crippen LogP contribution is -2.31. The summed E-state index contributed by atoms with van der Waals surface area (Å²) in [5.74, 6) is -1.55. The van der Waals surface area contributed by atoms with Crippen LogP contribution in [0.4, 0.5) is 5.82 Å². The van der Waals surface area contributed by atoms with Gasteiger partial charge in [0.25, 0.3) is 5.91 Å². The molecule has 0 radical (unpaired) electrons. The number of amides is 1. The molecule has 1 atom stereocenters. The van der Waals surface area contributed by atoms with Gasteiger partial charge in [-0.1, -0.05) is 25.1 Å².